The number of rotatable bonds is 5. The molecule has 0 fully saturated rings. The van der Waals surface area contributed by atoms with Crippen molar-refractivity contribution in [1.29, 1.82) is 0 Å². The number of methoxy groups -OCH3 is 1. The Kier molecular flexibility index (Phi) is 3.95. The van der Waals surface area contributed by atoms with Crippen molar-refractivity contribution in [3.05, 3.63) is 29.7 Å². The van der Waals surface area contributed by atoms with E-state index in [9.17, 15) is 8.42 Å². The van der Waals surface area contributed by atoms with Crippen LogP contribution < -0.4 is 4.74 Å². The maximum atomic E-state index is 11.8. The van der Waals surface area contributed by atoms with Crippen molar-refractivity contribution in [2.45, 2.75) is 25.1 Å². The molecule has 2 aromatic rings. The average Bonchev–Trinajstić information content (AvgIpc) is 2.86. The van der Waals surface area contributed by atoms with Gasteiger partial charge in [-0.2, -0.15) is 4.80 Å². The molecule has 9 heteroatoms. The van der Waals surface area contributed by atoms with Gasteiger partial charge in [0, 0.05) is 12.3 Å². The van der Waals surface area contributed by atoms with E-state index in [-0.39, 0.29) is 12.4 Å². The van der Waals surface area contributed by atoms with Crippen LogP contribution in [0.25, 0.3) is 0 Å². The number of ether oxygens (including phenoxy) is 1. The molecular weight excluding hydrogens is 294 g/mol. The molecule has 0 saturated heterocycles. The van der Waals surface area contributed by atoms with Gasteiger partial charge >= 0.3 is 0 Å². The molecular formula is C12H17N5O3S. The third-order valence-corrected chi connectivity index (χ3v) is 5.25. The first-order valence-electron chi connectivity index (χ1n) is 6.22. The highest BCUT2D eigenvalue weighted by Gasteiger charge is 2.37. The van der Waals surface area contributed by atoms with E-state index in [2.05, 4.69) is 20.4 Å². The number of nitrogens with zero attached hydrogens (tertiary/aromatic N) is 5. The second-order valence-corrected chi connectivity index (χ2v) is 7.66. The molecule has 114 valence electrons. The smallest absolute Gasteiger partial charge is 0.213 e. The highest BCUT2D eigenvalue weighted by molar-refractivity contribution is 7.91. The third kappa shape index (κ3) is 3.18. The summed E-state index contributed by atoms with van der Waals surface area (Å²) < 4.78 is 27.4. The molecule has 0 unspecified atom stereocenters. The minimum absolute atomic E-state index is 0.160. The molecule has 0 aliphatic heterocycles. The summed E-state index contributed by atoms with van der Waals surface area (Å²) in [4.78, 5) is 5.55. The minimum atomic E-state index is -3.34. The molecule has 2 aromatic heterocycles. The SMILES string of the molecule is COc1cccc(Cn2nnc(C(C)(C)S(C)(=O)=O)n2)n1. The van der Waals surface area contributed by atoms with Crippen LogP contribution in [-0.2, 0) is 21.1 Å². The molecule has 2 rings (SSSR count). The fourth-order valence-electron chi connectivity index (χ4n) is 1.52. The van der Waals surface area contributed by atoms with E-state index in [1.54, 1.807) is 32.0 Å². The molecule has 21 heavy (non-hydrogen) atoms. The van der Waals surface area contributed by atoms with Crippen LogP contribution in [-0.4, -0.2) is 47.0 Å². The van der Waals surface area contributed by atoms with Crippen molar-refractivity contribution >= 4 is 9.84 Å². The summed E-state index contributed by atoms with van der Waals surface area (Å²) in [5, 5.41) is 11.8. The molecule has 0 radical (unpaired) electrons. The summed E-state index contributed by atoms with van der Waals surface area (Å²) in [5.74, 6) is 0.650. The van der Waals surface area contributed by atoms with Crippen molar-refractivity contribution in [2.75, 3.05) is 13.4 Å². The number of hydrogen-bond donors (Lipinski definition) is 0. The zero-order chi connectivity index (χ0) is 15.7. The largest absolute Gasteiger partial charge is 0.481 e. The van der Waals surface area contributed by atoms with Crippen molar-refractivity contribution in [1.82, 2.24) is 25.2 Å². The number of sulfone groups is 1. The Morgan fingerprint density at radius 3 is 2.67 bits per heavy atom. The highest BCUT2D eigenvalue weighted by atomic mass is 32.2. The molecule has 0 saturated carbocycles. The zero-order valence-electron chi connectivity index (χ0n) is 12.3. The quantitative estimate of drug-likeness (QED) is 0.788. The van der Waals surface area contributed by atoms with E-state index in [0.29, 0.717) is 11.6 Å². The normalized spacial score (nSPS) is 12.4. The summed E-state index contributed by atoms with van der Waals surface area (Å²) >= 11 is 0. The minimum Gasteiger partial charge on any atom is -0.481 e. The lowest BCUT2D eigenvalue weighted by atomic mass is 10.2. The van der Waals surface area contributed by atoms with Gasteiger partial charge in [-0.15, -0.1) is 10.2 Å². The van der Waals surface area contributed by atoms with Gasteiger partial charge in [0.05, 0.1) is 12.8 Å². The van der Waals surface area contributed by atoms with E-state index in [1.165, 1.54) is 11.9 Å². The van der Waals surface area contributed by atoms with E-state index >= 15 is 0 Å². The van der Waals surface area contributed by atoms with Gasteiger partial charge in [0.25, 0.3) is 0 Å². The molecule has 8 nitrogen and oxygen atoms in total. The fraction of sp³-hybridized carbons (Fsp3) is 0.500. The lowest BCUT2D eigenvalue weighted by Gasteiger charge is -2.17. The molecule has 0 aliphatic carbocycles. The van der Waals surface area contributed by atoms with Crippen LogP contribution in [0.3, 0.4) is 0 Å². The van der Waals surface area contributed by atoms with Gasteiger partial charge in [0.1, 0.15) is 11.3 Å². The van der Waals surface area contributed by atoms with Gasteiger partial charge < -0.3 is 4.74 Å². The lowest BCUT2D eigenvalue weighted by Crippen LogP contribution is -2.29. The van der Waals surface area contributed by atoms with Crippen molar-refractivity contribution in [3.63, 3.8) is 0 Å². The topological polar surface area (TPSA) is 99.9 Å². The molecule has 0 spiro atoms. The molecule has 0 bridgehead atoms. The van der Waals surface area contributed by atoms with Gasteiger partial charge in [-0.1, -0.05) is 6.07 Å². The Hall–Kier alpha value is -2.03. The summed E-state index contributed by atoms with van der Waals surface area (Å²) in [5.41, 5.74) is 0.690. The van der Waals surface area contributed by atoms with Crippen molar-refractivity contribution < 1.29 is 13.2 Å². The predicted molar refractivity (Wildman–Crippen MR) is 75.6 cm³/mol. The van der Waals surface area contributed by atoms with E-state index in [4.69, 9.17) is 4.74 Å². The van der Waals surface area contributed by atoms with Gasteiger partial charge in [0.2, 0.25) is 5.88 Å². The van der Waals surface area contributed by atoms with Crippen LogP contribution in [0.15, 0.2) is 18.2 Å². The summed E-state index contributed by atoms with van der Waals surface area (Å²) in [7, 11) is -1.81. The fourth-order valence-corrected chi connectivity index (χ4v) is 1.93. The number of tetrazole rings is 1. The Morgan fingerprint density at radius 2 is 2.05 bits per heavy atom. The summed E-state index contributed by atoms with van der Waals surface area (Å²) in [6, 6.07) is 5.34. The second kappa shape index (κ2) is 5.40. The Balaban J connectivity index is 2.24. The lowest BCUT2D eigenvalue weighted by molar-refractivity contribution is 0.395. The van der Waals surface area contributed by atoms with E-state index in [0.717, 1.165) is 6.26 Å². The highest BCUT2D eigenvalue weighted by Crippen LogP contribution is 2.24. The van der Waals surface area contributed by atoms with Gasteiger partial charge in [-0.25, -0.2) is 13.4 Å². The maximum Gasteiger partial charge on any atom is 0.213 e. The summed E-state index contributed by atoms with van der Waals surface area (Å²) in [6.07, 6.45) is 1.15. The predicted octanol–water partition coefficient (Wildman–Crippen LogP) is 0.405. The summed E-state index contributed by atoms with van der Waals surface area (Å²) in [6.45, 7) is 3.38. The van der Waals surface area contributed by atoms with Crippen molar-refractivity contribution in [3.8, 4) is 5.88 Å². The van der Waals surface area contributed by atoms with Crippen LogP contribution in [0.1, 0.15) is 25.4 Å². The van der Waals surface area contributed by atoms with Crippen LogP contribution in [0.5, 0.6) is 5.88 Å². The van der Waals surface area contributed by atoms with E-state index in [1.807, 2.05) is 0 Å². The van der Waals surface area contributed by atoms with Crippen LogP contribution in [0, 0.1) is 0 Å². The molecule has 0 aliphatic rings. The van der Waals surface area contributed by atoms with Gasteiger partial charge in [-0.3, -0.25) is 0 Å². The Labute approximate surface area is 123 Å². The number of aromatic nitrogens is 5. The first-order chi connectivity index (χ1) is 9.74. The monoisotopic (exact) mass is 311 g/mol. The van der Waals surface area contributed by atoms with Crippen LogP contribution in [0.2, 0.25) is 0 Å². The standard InChI is InChI=1S/C12H17N5O3S/c1-12(2,21(4,18)19)11-14-16-17(15-11)8-9-6-5-7-10(13-9)20-3/h5-7H,8H2,1-4H3. The second-order valence-electron chi connectivity index (χ2n) is 5.10. The Bertz CT molecular complexity index is 739. The van der Waals surface area contributed by atoms with Gasteiger partial charge in [-0.05, 0) is 25.1 Å². The van der Waals surface area contributed by atoms with Crippen LogP contribution >= 0.6 is 0 Å². The number of pyridine rings is 1. The molecule has 2 heterocycles. The Morgan fingerprint density at radius 1 is 1.33 bits per heavy atom. The molecule has 0 atom stereocenters. The zero-order valence-corrected chi connectivity index (χ0v) is 13.1. The molecule has 0 aromatic carbocycles. The van der Waals surface area contributed by atoms with Crippen molar-refractivity contribution in [2.24, 2.45) is 0 Å². The maximum absolute atomic E-state index is 11.8. The van der Waals surface area contributed by atoms with E-state index < -0.39 is 14.6 Å². The first-order valence-corrected chi connectivity index (χ1v) is 8.11. The van der Waals surface area contributed by atoms with Gasteiger partial charge in [0.15, 0.2) is 15.7 Å². The van der Waals surface area contributed by atoms with Crippen LogP contribution in [0.4, 0.5) is 0 Å². The average molecular weight is 311 g/mol. The first kappa shape index (κ1) is 15.4. The third-order valence-electron chi connectivity index (χ3n) is 3.21. The molecule has 0 amide bonds. The number of hydrogen-bond acceptors (Lipinski definition) is 7. The molecule has 0 N–H and O–H groups in total.